The Morgan fingerprint density at radius 2 is 1.64 bits per heavy atom. The molecule has 0 aliphatic heterocycles. The van der Waals surface area contributed by atoms with Crippen molar-refractivity contribution in [2.75, 3.05) is 13.4 Å². The lowest BCUT2D eigenvalue weighted by Crippen LogP contribution is -2.28. The molecule has 3 aromatic carbocycles. The van der Waals surface area contributed by atoms with E-state index in [-0.39, 0.29) is 22.5 Å². The smallest absolute Gasteiger partial charge is 0.355 e. The Kier molecular flexibility index (Phi) is 5.86. The van der Waals surface area contributed by atoms with Crippen LogP contribution in [0, 0.1) is 5.82 Å². The van der Waals surface area contributed by atoms with E-state index >= 15 is 0 Å². The Labute approximate surface area is 189 Å². The van der Waals surface area contributed by atoms with Gasteiger partial charge < -0.3 is 4.74 Å². The van der Waals surface area contributed by atoms with Crippen molar-refractivity contribution >= 4 is 26.6 Å². The molecular weight excluding hydrogens is 445 g/mol. The van der Waals surface area contributed by atoms with E-state index < -0.39 is 27.2 Å². The predicted molar refractivity (Wildman–Crippen MR) is 124 cm³/mol. The van der Waals surface area contributed by atoms with Crippen molar-refractivity contribution < 1.29 is 22.3 Å². The van der Waals surface area contributed by atoms with Crippen molar-refractivity contribution in [1.82, 2.24) is 4.57 Å². The lowest BCUT2D eigenvalue weighted by molar-refractivity contribution is 0.0588. The molecule has 0 saturated carbocycles. The van der Waals surface area contributed by atoms with Gasteiger partial charge in [-0.1, -0.05) is 42.5 Å². The van der Waals surface area contributed by atoms with Crippen LogP contribution < -0.4 is 5.56 Å². The van der Waals surface area contributed by atoms with Gasteiger partial charge in [-0.15, -0.1) is 0 Å². The molecular formula is C25H20FNO5S. The van der Waals surface area contributed by atoms with Gasteiger partial charge >= 0.3 is 5.97 Å². The molecule has 4 aromatic rings. The highest BCUT2D eigenvalue weighted by atomic mass is 32.2. The monoisotopic (exact) mass is 465 g/mol. The number of carbonyl (C=O) groups excluding carboxylic acids is 1. The first kappa shape index (κ1) is 22.4. The first-order valence-electron chi connectivity index (χ1n) is 9.99. The van der Waals surface area contributed by atoms with Crippen LogP contribution in [0.2, 0.25) is 0 Å². The standard InChI is InChI=1S/C25H20FNO5S/c1-32-25(29)23-22(17-6-4-3-5-7-17)21-14-18(26)10-13-20(21)24(28)27(23)15-16-8-11-19(12-9-16)33(2,30)31/h3-14H,15H2,1-2H3. The number of halogens is 1. The maximum Gasteiger partial charge on any atom is 0.355 e. The lowest BCUT2D eigenvalue weighted by atomic mass is 9.96. The van der Waals surface area contributed by atoms with Crippen molar-refractivity contribution in [3.8, 4) is 11.1 Å². The summed E-state index contributed by atoms with van der Waals surface area (Å²) in [4.78, 5) is 26.5. The molecule has 0 amide bonds. The van der Waals surface area contributed by atoms with E-state index in [1.165, 1.54) is 42.0 Å². The molecule has 0 bridgehead atoms. The van der Waals surface area contributed by atoms with Crippen molar-refractivity contribution in [2.45, 2.75) is 11.4 Å². The van der Waals surface area contributed by atoms with E-state index in [2.05, 4.69) is 0 Å². The van der Waals surface area contributed by atoms with Crippen LogP contribution in [0.1, 0.15) is 16.1 Å². The Morgan fingerprint density at radius 3 is 2.24 bits per heavy atom. The fraction of sp³-hybridized carbons (Fsp3) is 0.120. The second kappa shape index (κ2) is 8.63. The highest BCUT2D eigenvalue weighted by molar-refractivity contribution is 7.90. The molecule has 0 aliphatic carbocycles. The summed E-state index contributed by atoms with van der Waals surface area (Å²) in [6.45, 7) is -0.0134. The van der Waals surface area contributed by atoms with Gasteiger partial charge in [0.05, 0.1) is 18.6 Å². The fourth-order valence-corrected chi connectivity index (χ4v) is 4.43. The third-order valence-electron chi connectivity index (χ3n) is 5.37. The van der Waals surface area contributed by atoms with E-state index in [0.29, 0.717) is 22.1 Å². The summed E-state index contributed by atoms with van der Waals surface area (Å²) in [5.74, 6) is -1.28. The molecule has 6 nitrogen and oxygen atoms in total. The Bertz CT molecular complexity index is 1530. The van der Waals surface area contributed by atoms with Gasteiger partial charge in [0.15, 0.2) is 9.84 Å². The van der Waals surface area contributed by atoms with Gasteiger partial charge in [0.2, 0.25) is 0 Å². The van der Waals surface area contributed by atoms with E-state index in [1.807, 2.05) is 6.07 Å². The van der Waals surface area contributed by atoms with Crippen LogP contribution in [0.5, 0.6) is 0 Å². The van der Waals surface area contributed by atoms with Crippen molar-refractivity contribution in [3.63, 3.8) is 0 Å². The van der Waals surface area contributed by atoms with Gasteiger partial charge in [0.1, 0.15) is 11.5 Å². The molecule has 0 radical (unpaired) electrons. The second-order valence-corrected chi connectivity index (χ2v) is 9.59. The van der Waals surface area contributed by atoms with Gasteiger partial charge in [-0.2, -0.15) is 0 Å². The molecule has 0 saturated heterocycles. The molecule has 0 unspecified atom stereocenters. The first-order chi connectivity index (χ1) is 15.7. The molecule has 0 fully saturated rings. The van der Waals surface area contributed by atoms with Crippen LogP contribution in [-0.4, -0.2) is 32.3 Å². The number of pyridine rings is 1. The Morgan fingerprint density at radius 1 is 0.970 bits per heavy atom. The summed E-state index contributed by atoms with van der Waals surface area (Å²) in [5, 5.41) is 0.547. The van der Waals surface area contributed by atoms with E-state index in [0.717, 1.165) is 6.26 Å². The minimum atomic E-state index is -3.38. The highest BCUT2D eigenvalue weighted by Gasteiger charge is 2.24. The number of sulfone groups is 1. The zero-order chi connectivity index (χ0) is 23.8. The number of aromatic nitrogens is 1. The summed E-state index contributed by atoms with van der Waals surface area (Å²) in [5.41, 5.74) is 1.10. The molecule has 0 spiro atoms. The van der Waals surface area contributed by atoms with E-state index in [4.69, 9.17) is 4.74 Å². The third kappa shape index (κ3) is 4.29. The van der Waals surface area contributed by atoms with Crippen molar-refractivity contribution in [2.24, 2.45) is 0 Å². The SMILES string of the molecule is COC(=O)c1c(-c2ccccc2)c2cc(F)ccc2c(=O)n1Cc1ccc(S(C)(=O)=O)cc1. The Balaban J connectivity index is 2.03. The van der Waals surface area contributed by atoms with E-state index in [9.17, 15) is 22.4 Å². The van der Waals surface area contributed by atoms with Crippen LogP contribution in [0.4, 0.5) is 4.39 Å². The van der Waals surface area contributed by atoms with Gasteiger partial charge in [-0.05, 0) is 41.5 Å². The molecule has 1 aromatic heterocycles. The number of esters is 1. The molecule has 1 heterocycles. The number of hydrogen-bond donors (Lipinski definition) is 0. The lowest BCUT2D eigenvalue weighted by Gasteiger charge is -2.19. The second-order valence-electron chi connectivity index (χ2n) is 7.58. The maximum atomic E-state index is 14.2. The largest absolute Gasteiger partial charge is 0.464 e. The maximum absolute atomic E-state index is 14.2. The Hall–Kier alpha value is -3.78. The normalized spacial score (nSPS) is 11.5. The zero-order valence-electron chi connectivity index (χ0n) is 17.9. The number of methoxy groups -OCH3 is 1. The topological polar surface area (TPSA) is 82.4 Å². The molecule has 0 aliphatic rings. The van der Waals surface area contributed by atoms with Crippen molar-refractivity contribution in [1.29, 1.82) is 0 Å². The summed E-state index contributed by atoms with van der Waals surface area (Å²) in [6, 6.07) is 18.8. The molecule has 8 heteroatoms. The van der Waals surface area contributed by atoms with Gasteiger partial charge in [-0.3, -0.25) is 9.36 Å². The highest BCUT2D eigenvalue weighted by Crippen LogP contribution is 2.32. The summed E-state index contributed by atoms with van der Waals surface area (Å²) >= 11 is 0. The minimum Gasteiger partial charge on any atom is -0.464 e. The molecule has 0 atom stereocenters. The molecule has 4 rings (SSSR count). The molecule has 33 heavy (non-hydrogen) atoms. The van der Waals surface area contributed by atoms with Gasteiger partial charge in [-0.25, -0.2) is 17.6 Å². The molecule has 0 N–H and O–H groups in total. The quantitative estimate of drug-likeness (QED) is 0.416. The number of rotatable bonds is 5. The van der Waals surface area contributed by atoms with Crippen LogP contribution in [0.15, 0.2) is 82.5 Å². The van der Waals surface area contributed by atoms with Gasteiger partial charge in [0.25, 0.3) is 5.56 Å². The van der Waals surface area contributed by atoms with Crippen LogP contribution in [-0.2, 0) is 21.1 Å². The van der Waals surface area contributed by atoms with Crippen molar-refractivity contribution in [3.05, 3.63) is 100 Å². The number of ether oxygens (including phenoxy) is 1. The average molecular weight is 466 g/mol. The predicted octanol–water partition coefficient (Wildman–Crippen LogP) is 4.05. The zero-order valence-corrected chi connectivity index (χ0v) is 18.7. The minimum absolute atomic E-state index is 0.0134. The van der Waals surface area contributed by atoms with Gasteiger partial charge in [0, 0.05) is 22.6 Å². The average Bonchev–Trinajstić information content (AvgIpc) is 2.80. The third-order valence-corrected chi connectivity index (χ3v) is 6.50. The van der Waals surface area contributed by atoms with Crippen LogP contribution >= 0.6 is 0 Å². The summed E-state index contributed by atoms with van der Waals surface area (Å²) in [7, 11) is -2.17. The summed E-state index contributed by atoms with van der Waals surface area (Å²) in [6.07, 6.45) is 1.11. The number of carbonyl (C=O) groups is 1. The van der Waals surface area contributed by atoms with Crippen LogP contribution in [0.25, 0.3) is 21.9 Å². The number of nitrogens with zero attached hydrogens (tertiary/aromatic N) is 1. The molecule has 168 valence electrons. The first-order valence-corrected chi connectivity index (χ1v) is 11.9. The van der Waals surface area contributed by atoms with E-state index in [1.54, 1.807) is 36.4 Å². The van der Waals surface area contributed by atoms with Crippen LogP contribution in [0.3, 0.4) is 0 Å². The number of fused-ring (bicyclic) bond motifs is 1. The fourth-order valence-electron chi connectivity index (χ4n) is 3.80. The number of hydrogen-bond acceptors (Lipinski definition) is 5. The number of benzene rings is 3. The summed E-state index contributed by atoms with van der Waals surface area (Å²) < 4.78 is 44.0.